The molecule has 172 valence electrons. The number of aromatic amines is 1. The number of halogens is 2. The van der Waals surface area contributed by atoms with Crippen LogP contribution in [-0.4, -0.2) is 45.0 Å². The predicted molar refractivity (Wildman–Crippen MR) is 118 cm³/mol. The SMILES string of the molecule is CC.Cn1ccnn1.O=C(CS(=O)(=O)c1c[nH]c2cc(F)cc(F)c12)Nc1ccccn1.[HH]. The number of H-pyrrole nitrogens is 1. The van der Waals surface area contributed by atoms with Crippen molar-refractivity contribution >= 4 is 32.5 Å². The van der Waals surface area contributed by atoms with Gasteiger partial charge < -0.3 is 10.3 Å². The van der Waals surface area contributed by atoms with E-state index in [1.807, 2.05) is 20.9 Å². The molecule has 0 bridgehead atoms. The van der Waals surface area contributed by atoms with Crippen LogP contribution in [0.5, 0.6) is 0 Å². The summed E-state index contributed by atoms with van der Waals surface area (Å²) in [6.07, 6.45) is 5.89. The van der Waals surface area contributed by atoms with Crippen molar-refractivity contribution in [1.29, 1.82) is 0 Å². The molecule has 0 unspecified atom stereocenters. The van der Waals surface area contributed by atoms with Gasteiger partial charge in [0.25, 0.3) is 0 Å². The summed E-state index contributed by atoms with van der Waals surface area (Å²) in [5, 5.41) is 9.18. The lowest BCUT2D eigenvalue weighted by atomic mass is 10.2. The highest BCUT2D eigenvalue weighted by Gasteiger charge is 2.25. The van der Waals surface area contributed by atoms with Gasteiger partial charge in [-0.15, -0.1) is 5.10 Å². The molecule has 0 fully saturated rings. The fraction of sp³-hybridized carbons (Fsp3) is 0.200. The Morgan fingerprint density at radius 1 is 1.22 bits per heavy atom. The van der Waals surface area contributed by atoms with Crippen LogP contribution < -0.4 is 5.32 Å². The van der Waals surface area contributed by atoms with Gasteiger partial charge in [0.15, 0.2) is 9.84 Å². The molecule has 12 heteroatoms. The van der Waals surface area contributed by atoms with E-state index < -0.39 is 38.0 Å². The predicted octanol–water partition coefficient (Wildman–Crippen LogP) is 3.34. The quantitative estimate of drug-likeness (QED) is 0.476. The average Bonchev–Trinajstić information content (AvgIpc) is 3.40. The molecule has 0 radical (unpaired) electrons. The first-order chi connectivity index (χ1) is 15.3. The van der Waals surface area contributed by atoms with Gasteiger partial charge in [-0.25, -0.2) is 22.2 Å². The Morgan fingerprint density at radius 3 is 2.53 bits per heavy atom. The van der Waals surface area contributed by atoms with E-state index in [9.17, 15) is 22.0 Å². The Balaban J connectivity index is 0.000000519. The van der Waals surface area contributed by atoms with Gasteiger partial charge in [0.2, 0.25) is 5.91 Å². The molecule has 9 nitrogen and oxygen atoms in total. The number of carbonyl (C=O) groups is 1. The lowest BCUT2D eigenvalue weighted by Crippen LogP contribution is -2.23. The molecule has 3 aromatic heterocycles. The summed E-state index contributed by atoms with van der Waals surface area (Å²) in [7, 11) is -2.31. The fourth-order valence-corrected chi connectivity index (χ4v) is 3.86. The number of rotatable bonds is 4. The summed E-state index contributed by atoms with van der Waals surface area (Å²) >= 11 is 0. The van der Waals surface area contributed by atoms with Crippen LogP contribution in [0.2, 0.25) is 0 Å². The number of pyridine rings is 1. The Labute approximate surface area is 184 Å². The molecule has 4 aromatic rings. The molecule has 0 saturated carbocycles. The summed E-state index contributed by atoms with van der Waals surface area (Å²) in [5.74, 6) is -3.36. The van der Waals surface area contributed by atoms with Crippen molar-refractivity contribution in [2.24, 2.45) is 7.05 Å². The van der Waals surface area contributed by atoms with Gasteiger partial charge in [0, 0.05) is 33.1 Å². The number of aryl methyl sites for hydroxylation is 1. The number of anilines is 1. The Kier molecular flexibility index (Phi) is 8.53. The van der Waals surface area contributed by atoms with Crippen molar-refractivity contribution in [3.63, 3.8) is 0 Å². The molecule has 1 amide bonds. The zero-order valence-electron chi connectivity index (χ0n) is 17.6. The molecular weight excluding hydrogens is 442 g/mol. The highest BCUT2D eigenvalue weighted by Crippen LogP contribution is 2.27. The smallest absolute Gasteiger partial charge is 0.241 e. The third kappa shape index (κ3) is 6.41. The van der Waals surface area contributed by atoms with Gasteiger partial charge in [-0.05, 0) is 18.2 Å². The second kappa shape index (κ2) is 11.1. The first-order valence-electron chi connectivity index (χ1n) is 9.46. The number of fused-ring (bicyclic) bond motifs is 1. The minimum Gasteiger partial charge on any atom is -0.360 e. The standard InChI is InChI=1S/C15H11F2N3O3S.C3H5N3.C2H6.H2/c16-9-5-10(17)15-11(6-9)19-7-12(15)24(22,23)8-14(21)20-13-3-1-2-4-18-13;1-6-3-2-4-5-6;1-2;/h1-7,19H,8H2,(H,18,20,21);2-3H,1H3;1-2H3;1H. The first kappa shape index (κ1) is 24.6. The van der Waals surface area contributed by atoms with Crippen LogP contribution >= 0.6 is 0 Å². The molecule has 4 rings (SSSR count). The first-order valence-corrected chi connectivity index (χ1v) is 11.1. The van der Waals surface area contributed by atoms with E-state index in [0.717, 1.165) is 12.3 Å². The van der Waals surface area contributed by atoms with Crippen molar-refractivity contribution < 1.29 is 23.4 Å². The molecule has 0 spiro atoms. The van der Waals surface area contributed by atoms with E-state index in [2.05, 4.69) is 25.6 Å². The van der Waals surface area contributed by atoms with Crippen LogP contribution in [0.4, 0.5) is 14.6 Å². The van der Waals surface area contributed by atoms with Gasteiger partial charge in [0.05, 0.1) is 22.0 Å². The van der Waals surface area contributed by atoms with Crippen LogP contribution in [0.15, 0.2) is 60.0 Å². The number of benzene rings is 1. The number of sulfone groups is 1. The van der Waals surface area contributed by atoms with Crippen LogP contribution in [0, 0.1) is 11.6 Å². The largest absolute Gasteiger partial charge is 0.360 e. The molecule has 2 N–H and O–H groups in total. The van der Waals surface area contributed by atoms with E-state index >= 15 is 0 Å². The van der Waals surface area contributed by atoms with Crippen molar-refractivity contribution in [3.8, 4) is 0 Å². The molecule has 0 aliphatic heterocycles. The minimum absolute atomic E-state index is 0. The maximum atomic E-state index is 13.9. The van der Waals surface area contributed by atoms with Crippen LogP contribution in [-0.2, 0) is 21.7 Å². The maximum absolute atomic E-state index is 13.9. The van der Waals surface area contributed by atoms with Gasteiger partial charge in [0.1, 0.15) is 23.2 Å². The van der Waals surface area contributed by atoms with Gasteiger partial charge >= 0.3 is 0 Å². The highest BCUT2D eigenvalue weighted by molar-refractivity contribution is 7.92. The van der Waals surface area contributed by atoms with Crippen molar-refractivity contribution in [3.05, 3.63) is 66.8 Å². The molecule has 0 aliphatic rings. The van der Waals surface area contributed by atoms with Crippen molar-refractivity contribution in [1.82, 2.24) is 25.0 Å². The number of hydrogen-bond donors (Lipinski definition) is 2. The van der Waals surface area contributed by atoms with Crippen molar-refractivity contribution in [2.45, 2.75) is 18.7 Å². The third-order valence-corrected chi connectivity index (χ3v) is 5.42. The monoisotopic (exact) mass is 466 g/mol. The van der Waals surface area contributed by atoms with Gasteiger partial charge in [-0.1, -0.05) is 25.1 Å². The molecule has 1 aromatic carbocycles. The Bertz CT molecular complexity index is 1270. The van der Waals surface area contributed by atoms with E-state index in [4.69, 9.17) is 0 Å². The topological polar surface area (TPSA) is 123 Å². The zero-order chi connectivity index (χ0) is 23.7. The lowest BCUT2D eigenvalue weighted by molar-refractivity contribution is -0.113. The number of amides is 1. The summed E-state index contributed by atoms with van der Waals surface area (Å²) in [6.45, 7) is 4.00. The van der Waals surface area contributed by atoms with E-state index in [0.29, 0.717) is 6.07 Å². The maximum Gasteiger partial charge on any atom is 0.241 e. The third-order valence-electron chi connectivity index (χ3n) is 3.79. The van der Waals surface area contributed by atoms with Gasteiger partial charge in [-0.3, -0.25) is 9.48 Å². The highest BCUT2D eigenvalue weighted by atomic mass is 32.2. The Hall–Kier alpha value is -3.67. The number of hydrogen-bond acceptors (Lipinski definition) is 6. The van der Waals surface area contributed by atoms with Crippen LogP contribution in [0.25, 0.3) is 10.9 Å². The summed E-state index contributed by atoms with van der Waals surface area (Å²) in [6, 6.07) is 6.33. The fourth-order valence-electron chi connectivity index (χ4n) is 2.53. The van der Waals surface area contributed by atoms with Gasteiger partial charge in [-0.2, -0.15) is 0 Å². The van der Waals surface area contributed by atoms with Crippen molar-refractivity contribution in [2.75, 3.05) is 11.1 Å². The summed E-state index contributed by atoms with van der Waals surface area (Å²) < 4.78 is 53.5. The molecule has 3 heterocycles. The average molecular weight is 467 g/mol. The normalized spacial score (nSPS) is 10.5. The number of carbonyl (C=O) groups excluding carboxylic acids is 1. The minimum atomic E-state index is -4.13. The van der Waals surface area contributed by atoms with Crippen LogP contribution in [0.3, 0.4) is 0 Å². The number of nitrogens with zero attached hydrogens (tertiary/aromatic N) is 4. The number of aromatic nitrogens is 5. The summed E-state index contributed by atoms with van der Waals surface area (Å²) in [5.41, 5.74) is -0.00351. The van der Waals surface area contributed by atoms with E-state index in [-0.39, 0.29) is 18.1 Å². The Morgan fingerprint density at radius 2 is 1.97 bits per heavy atom. The molecule has 0 aliphatic carbocycles. The second-order valence-electron chi connectivity index (χ2n) is 6.06. The van der Waals surface area contributed by atoms with Crippen LogP contribution in [0.1, 0.15) is 15.3 Å². The zero-order valence-corrected chi connectivity index (χ0v) is 18.4. The molecule has 0 saturated heterocycles. The molecule has 0 atom stereocenters. The molecular formula is C20H24F2N6O3S. The van der Waals surface area contributed by atoms with E-state index in [1.54, 1.807) is 29.2 Å². The van der Waals surface area contributed by atoms with E-state index in [1.165, 1.54) is 12.3 Å². The second-order valence-corrected chi connectivity index (χ2v) is 8.02. The molecule has 32 heavy (non-hydrogen) atoms. The number of nitrogens with one attached hydrogen (secondary N) is 2. The summed E-state index contributed by atoms with van der Waals surface area (Å²) in [4.78, 5) is 17.9. The lowest BCUT2D eigenvalue weighted by Gasteiger charge is -2.05.